The van der Waals surface area contributed by atoms with E-state index in [9.17, 15) is 4.79 Å². The molecule has 0 amide bonds. The van der Waals surface area contributed by atoms with Crippen LogP contribution >= 0.6 is 0 Å². The number of carboxylic acids is 1. The van der Waals surface area contributed by atoms with Gasteiger partial charge in [-0.15, -0.1) is 0 Å². The largest absolute Gasteiger partial charge is 0.493 e. The van der Waals surface area contributed by atoms with Gasteiger partial charge in [-0.3, -0.25) is 9.78 Å². The molecule has 3 aromatic rings. The highest BCUT2D eigenvalue weighted by molar-refractivity contribution is 5.80. The number of aromatic nitrogens is 3. The van der Waals surface area contributed by atoms with Gasteiger partial charge >= 0.3 is 5.97 Å². The Morgan fingerprint density at radius 2 is 2.24 bits per heavy atom. The molecule has 0 unspecified atom stereocenters. The average molecular weight is 283 g/mol. The number of nitrogens with zero attached hydrogens (tertiary/aromatic N) is 2. The Morgan fingerprint density at radius 1 is 1.33 bits per heavy atom. The molecule has 0 radical (unpaired) electrons. The fourth-order valence-corrected chi connectivity index (χ4v) is 1.97. The summed E-state index contributed by atoms with van der Waals surface area (Å²) in [4.78, 5) is 22.2. The molecule has 3 rings (SSSR count). The topological polar surface area (TPSA) is 88.1 Å². The van der Waals surface area contributed by atoms with E-state index in [4.69, 9.17) is 9.84 Å². The first-order chi connectivity index (χ1) is 10.2. The van der Waals surface area contributed by atoms with Crippen LogP contribution in [0.15, 0.2) is 42.7 Å². The van der Waals surface area contributed by atoms with Crippen molar-refractivity contribution in [2.45, 2.75) is 6.42 Å². The zero-order valence-corrected chi connectivity index (χ0v) is 11.1. The lowest BCUT2D eigenvalue weighted by molar-refractivity contribution is -0.137. The number of hydrogen-bond acceptors (Lipinski definition) is 4. The highest BCUT2D eigenvalue weighted by Gasteiger charge is 2.06. The van der Waals surface area contributed by atoms with Gasteiger partial charge in [0.25, 0.3) is 0 Å². The van der Waals surface area contributed by atoms with Crippen molar-refractivity contribution in [1.82, 2.24) is 15.0 Å². The summed E-state index contributed by atoms with van der Waals surface area (Å²) in [5, 5.41) is 8.59. The number of ether oxygens (including phenoxy) is 1. The van der Waals surface area contributed by atoms with Gasteiger partial charge in [-0.05, 0) is 24.3 Å². The molecular weight excluding hydrogens is 270 g/mol. The maximum absolute atomic E-state index is 10.5. The van der Waals surface area contributed by atoms with E-state index >= 15 is 0 Å². The number of carboxylic acid groups (broad SMARTS) is 1. The standard InChI is InChI=1S/C15H13N3O3/c19-14(20)5-7-21-11-3-4-12-13(8-11)18-15(17-12)10-2-1-6-16-9-10/h1-4,6,8-9H,5,7H2,(H,17,18)(H,19,20). The second kappa shape index (κ2) is 5.62. The molecule has 6 heteroatoms. The lowest BCUT2D eigenvalue weighted by atomic mass is 10.3. The Hall–Kier alpha value is -2.89. The lowest BCUT2D eigenvalue weighted by Gasteiger charge is -2.03. The molecule has 0 aliphatic rings. The molecule has 0 aliphatic heterocycles. The molecule has 0 saturated heterocycles. The zero-order chi connectivity index (χ0) is 14.7. The van der Waals surface area contributed by atoms with E-state index in [0.717, 1.165) is 22.4 Å². The van der Waals surface area contributed by atoms with Crippen LogP contribution in [0.25, 0.3) is 22.4 Å². The third-order valence-electron chi connectivity index (χ3n) is 2.97. The average Bonchev–Trinajstić information content (AvgIpc) is 2.91. The van der Waals surface area contributed by atoms with Crippen molar-refractivity contribution < 1.29 is 14.6 Å². The number of hydrogen-bond donors (Lipinski definition) is 2. The number of fused-ring (bicyclic) bond motifs is 1. The van der Waals surface area contributed by atoms with Gasteiger partial charge in [0.05, 0.1) is 24.1 Å². The van der Waals surface area contributed by atoms with Gasteiger partial charge < -0.3 is 14.8 Å². The molecule has 2 aromatic heterocycles. The number of carbonyl (C=O) groups is 1. The Morgan fingerprint density at radius 3 is 3.00 bits per heavy atom. The van der Waals surface area contributed by atoms with Crippen LogP contribution in [0.1, 0.15) is 6.42 Å². The van der Waals surface area contributed by atoms with Crippen LogP contribution in [0.2, 0.25) is 0 Å². The minimum absolute atomic E-state index is 0.0258. The van der Waals surface area contributed by atoms with Gasteiger partial charge in [0, 0.05) is 24.0 Å². The van der Waals surface area contributed by atoms with Gasteiger partial charge in [0.2, 0.25) is 0 Å². The number of benzene rings is 1. The SMILES string of the molecule is O=C(O)CCOc1ccc2nc(-c3cccnc3)[nH]c2c1. The Balaban J connectivity index is 1.83. The van der Waals surface area contributed by atoms with Crippen molar-refractivity contribution in [2.24, 2.45) is 0 Å². The molecule has 0 bridgehead atoms. The molecule has 1 aromatic carbocycles. The monoisotopic (exact) mass is 283 g/mol. The number of aliphatic carboxylic acids is 1. The van der Waals surface area contributed by atoms with Crippen LogP contribution in [-0.2, 0) is 4.79 Å². The number of pyridine rings is 1. The van der Waals surface area contributed by atoms with Crippen molar-refractivity contribution in [2.75, 3.05) is 6.61 Å². The van der Waals surface area contributed by atoms with Gasteiger partial charge in [0.1, 0.15) is 11.6 Å². The molecular formula is C15H13N3O3. The maximum atomic E-state index is 10.5. The van der Waals surface area contributed by atoms with Crippen LogP contribution in [0.4, 0.5) is 0 Å². The number of aromatic amines is 1. The predicted molar refractivity (Wildman–Crippen MR) is 77.1 cm³/mol. The summed E-state index contributed by atoms with van der Waals surface area (Å²) in [6, 6.07) is 9.20. The summed E-state index contributed by atoms with van der Waals surface area (Å²) in [5.74, 6) is 0.474. The number of imidazole rings is 1. The minimum Gasteiger partial charge on any atom is -0.493 e. The fraction of sp³-hybridized carbons (Fsp3) is 0.133. The van der Waals surface area contributed by atoms with Gasteiger partial charge in [-0.2, -0.15) is 0 Å². The molecule has 2 N–H and O–H groups in total. The lowest BCUT2D eigenvalue weighted by Crippen LogP contribution is -2.04. The first kappa shape index (κ1) is 13.1. The van der Waals surface area contributed by atoms with Gasteiger partial charge in [-0.25, -0.2) is 4.98 Å². The third kappa shape index (κ3) is 3.00. The summed E-state index contributed by atoms with van der Waals surface area (Å²) < 4.78 is 5.40. The van der Waals surface area contributed by atoms with E-state index in [2.05, 4.69) is 15.0 Å². The predicted octanol–water partition coefficient (Wildman–Crippen LogP) is 2.48. The molecule has 21 heavy (non-hydrogen) atoms. The zero-order valence-electron chi connectivity index (χ0n) is 11.1. The smallest absolute Gasteiger partial charge is 0.306 e. The van der Waals surface area contributed by atoms with Crippen molar-refractivity contribution >= 4 is 17.0 Å². The summed E-state index contributed by atoms with van der Waals surface area (Å²) in [6.07, 6.45) is 3.42. The van der Waals surface area contributed by atoms with E-state index in [0.29, 0.717) is 5.75 Å². The Bertz CT molecular complexity index is 768. The number of rotatable bonds is 5. The van der Waals surface area contributed by atoms with Crippen molar-refractivity contribution in [3.63, 3.8) is 0 Å². The minimum atomic E-state index is -0.878. The molecule has 0 saturated carbocycles. The van der Waals surface area contributed by atoms with E-state index in [1.165, 1.54) is 0 Å². The Kier molecular flexibility index (Phi) is 3.51. The maximum Gasteiger partial charge on any atom is 0.306 e. The van der Waals surface area contributed by atoms with E-state index in [-0.39, 0.29) is 13.0 Å². The Labute approximate surface area is 120 Å². The summed E-state index contributed by atoms with van der Waals surface area (Å²) >= 11 is 0. The highest BCUT2D eigenvalue weighted by Crippen LogP contribution is 2.23. The van der Waals surface area contributed by atoms with E-state index in [1.807, 2.05) is 24.3 Å². The van der Waals surface area contributed by atoms with Crippen LogP contribution in [0.3, 0.4) is 0 Å². The molecule has 0 aliphatic carbocycles. The van der Waals surface area contributed by atoms with Crippen molar-refractivity contribution in [1.29, 1.82) is 0 Å². The summed E-state index contributed by atoms with van der Waals surface area (Å²) in [6.45, 7) is 0.143. The number of H-pyrrole nitrogens is 1. The second-order valence-electron chi connectivity index (χ2n) is 4.50. The molecule has 2 heterocycles. The third-order valence-corrected chi connectivity index (χ3v) is 2.97. The summed E-state index contributed by atoms with van der Waals surface area (Å²) in [5.41, 5.74) is 2.56. The van der Waals surface area contributed by atoms with Gasteiger partial charge in [-0.1, -0.05) is 0 Å². The van der Waals surface area contributed by atoms with Crippen molar-refractivity contribution in [3.8, 4) is 17.1 Å². The second-order valence-corrected chi connectivity index (χ2v) is 4.50. The molecule has 6 nitrogen and oxygen atoms in total. The molecule has 0 fully saturated rings. The first-order valence-electron chi connectivity index (χ1n) is 6.47. The van der Waals surface area contributed by atoms with Crippen molar-refractivity contribution in [3.05, 3.63) is 42.7 Å². The molecule has 0 spiro atoms. The molecule has 106 valence electrons. The van der Waals surface area contributed by atoms with E-state index < -0.39 is 5.97 Å². The van der Waals surface area contributed by atoms with E-state index in [1.54, 1.807) is 18.5 Å². The fourth-order valence-electron chi connectivity index (χ4n) is 1.97. The summed E-state index contributed by atoms with van der Waals surface area (Å²) in [7, 11) is 0. The van der Waals surface area contributed by atoms with Crippen LogP contribution in [0.5, 0.6) is 5.75 Å². The molecule has 0 atom stereocenters. The quantitative estimate of drug-likeness (QED) is 0.751. The van der Waals surface area contributed by atoms with Crippen LogP contribution in [0, 0.1) is 0 Å². The van der Waals surface area contributed by atoms with Crippen LogP contribution < -0.4 is 4.74 Å². The number of nitrogens with one attached hydrogen (secondary N) is 1. The first-order valence-corrected chi connectivity index (χ1v) is 6.47. The van der Waals surface area contributed by atoms with Gasteiger partial charge in [0.15, 0.2) is 0 Å². The highest BCUT2D eigenvalue weighted by atomic mass is 16.5. The normalized spacial score (nSPS) is 10.7. The van der Waals surface area contributed by atoms with Crippen LogP contribution in [-0.4, -0.2) is 32.6 Å².